The summed E-state index contributed by atoms with van der Waals surface area (Å²) < 4.78 is 2.78. The summed E-state index contributed by atoms with van der Waals surface area (Å²) in [7, 11) is 0. The van der Waals surface area contributed by atoms with E-state index < -0.39 is 0 Å². The molecule has 0 amide bonds. The van der Waals surface area contributed by atoms with Crippen LogP contribution in [0.2, 0.25) is 0 Å². The molecule has 1 rings (SSSR count). The van der Waals surface area contributed by atoms with Gasteiger partial charge in [0.25, 0.3) is 0 Å². The van der Waals surface area contributed by atoms with E-state index in [9.17, 15) is 0 Å². The van der Waals surface area contributed by atoms with Crippen molar-refractivity contribution in [2.75, 3.05) is 4.43 Å². The molecule has 0 radical (unpaired) electrons. The molecule has 0 aliphatic heterocycles. The molecule has 0 aliphatic rings. The van der Waals surface area contributed by atoms with Gasteiger partial charge in [0, 0.05) is 0 Å². The van der Waals surface area contributed by atoms with Crippen LogP contribution in [-0.4, -0.2) is 9.41 Å². The monoisotopic (exact) mass is 388 g/mol. The molecule has 0 aromatic carbocycles. The Morgan fingerprint density at radius 2 is 1.50 bits per heavy atom. The summed E-state index contributed by atoms with van der Waals surface area (Å²) >= 11 is 0.162. The van der Waals surface area contributed by atoms with E-state index >= 15 is 0 Å². The summed E-state index contributed by atoms with van der Waals surface area (Å²) in [5, 5.41) is 0. The number of hydrogen-bond acceptors (Lipinski definition) is 1. The molecule has 1 aromatic heterocycles. The van der Waals surface area contributed by atoms with Crippen molar-refractivity contribution in [1.29, 1.82) is 0 Å². The van der Waals surface area contributed by atoms with Crippen molar-refractivity contribution < 1.29 is 21.2 Å². The van der Waals surface area contributed by atoms with Gasteiger partial charge in [0.15, 0.2) is 0 Å². The second kappa shape index (κ2) is 12.6. The Bertz CT molecular complexity index is 338. The van der Waals surface area contributed by atoms with Crippen molar-refractivity contribution in [3.05, 3.63) is 27.6 Å². The molecule has 0 N–H and O–H groups in total. The Morgan fingerprint density at radius 3 is 2.10 bits per heavy atom. The van der Waals surface area contributed by atoms with Crippen molar-refractivity contribution in [1.82, 2.24) is 4.98 Å². The van der Waals surface area contributed by atoms with Crippen molar-refractivity contribution in [2.24, 2.45) is 0 Å². The Hall–Kier alpha value is -0.120. The Kier molecular flexibility index (Phi) is 11.3. The first-order chi connectivity index (χ1) is 9.83. The molecule has 1 aromatic rings. The van der Waals surface area contributed by atoms with E-state index in [-0.39, 0.29) is 21.2 Å². The van der Waals surface area contributed by atoms with Gasteiger partial charge in [-0.05, 0) is 0 Å². The number of unbranched alkanes of at least 4 members (excludes halogenated alkanes) is 9. The molecule has 0 unspecified atom stereocenters. The molecule has 1 nitrogen and oxygen atoms in total. The molecule has 0 spiro atoms. The molecule has 0 aliphatic carbocycles. The van der Waals surface area contributed by atoms with Crippen LogP contribution in [0.25, 0.3) is 0 Å². The molecule has 0 atom stereocenters. The van der Waals surface area contributed by atoms with Crippen LogP contribution in [0.4, 0.5) is 0 Å². The van der Waals surface area contributed by atoms with Gasteiger partial charge in [0.1, 0.15) is 0 Å². The van der Waals surface area contributed by atoms with Crippen LogP contribution in [0.1, 0.15) is 76.7 Å². The number of alkyl halides is 1. The second-order valence-electron chi connectivity index (χ2n) is 5.66. The third-order valence-corrected chi connectivity index (χ3v) is 6.27. The number of aromatic nitrogens is 1. The van der Waals surface area contributed by atoms with Crippen molar-refractivity contribution >= 4 is 0 Å². The number of pyridine rings is 1. The van der Waals surface area contributed by atoms with Crippen molar-refractivity contribution in [2.45, 2.75) is 78.1 Å². The second-order valence-corrected chi connectivity index (χ2v) is 8.61. The van der Waals surface area contributed by atoms with Gasteiger partial charge in [0.2, 0.25) is 0 Å². The minimum absolute atomic E-state index is 0.162. The fourth-order valence-corrected chi connectivity index (χ4v) is 4.86. The van der Waals surface area contributed by atoms with Gasteiger partial charge in [-0.25, -0.2) is 0 Å². The summed E-state index contributed by atoms with van der Waals surface area (Å²) in [5.74, 6) is 0. The Balaban J connectivity index is 1.85. The summed E-state index contributed by atoms with van der Waals surface area (Å²) in [4.78, 5) is 4.47. The zero-order valence-corrected chi connectivity index (χ0v) is 15.5. The number of aryl methyl sites for hydroxylation is 1. The van der Waals surface area contributed by atoms with E-state index in [2.05, 4.69) is 31.0 Å². The van der Waals surface area contributed by atoms with Crippen LogP contribution >= 0.6 is 0 Å². The van der Waals surface area contributed by atoms with Crippen molar-refractivity contribution in [3.8, 4) is 0 Å². The van der Waals surface area contributed by atoms with Gasteiger partial charge >= 0.3 is 136 Å². The van der Waals surface area contributed by atoms with Crippen LogP contribution in [0.5, 0.6) is 0 Å². The third kappa shape index (κ3) is 9.73. The van der Waals surface area contributed by atoms with E-state index in [4.69, 9.17) is 0 Å². The molecule has 2 heteroatoms. The predicted molar refractivity (Wildman–Crippen MR) is 84.4 cm³/mol. The fraction of sp³-hybridized carbons (Fsp3) is 0.722. The van der Waals surface area contributed by atoms with Crippen molar-refractivity contribution in [3.63, 3.8) is 0 Å². The molecule has 116 valence electrons. The normalized spacial score (nSPS) is 11.1. The molecule has 0 fully saturated rings. The standard InChI is InChI=1S/C18H31IN/c1-3-4-5-6-7-8-9-10-11-12-14-19-18-16-17(2)13-15-20-18/h13,15-16H,3-12,14H2,1-2H3/q-1. The summed E-state index contributed by atoms with van der Waals surface area (Å²) in [6, 6.07) is 4.36. The number of nitrogens with zero attached hydrogens (tertiary/aromatic N) is 1. The van der Waals surface area contributed by atoms with E-state index in [1.54, 1.807) is 0 Å². The van der Waals surface area contributed by atoms with E-state index in [0.717, 1.165) is 0 Å². The minimum atomic E-state index is 0.162. The van der Waals surface area contributed by atoms with E-state index in [0.29, 0.717) is 0 Å². The van der Waals surface area contributed by atoms with Crippen LogP contribution in [-0.2, 0) is 0 Å². The molecule has 0 saturated carbocycles. The first kappa shape index (κ1) is 17.9. The maximum atomic E-state index is 4.47. The maximum absolute atomic E-state index is 4.47. The van der Waals surface area contributed by atoms with Crippen LogP contribution in [0, 0.1) is 10.6 Å². The Labute approximate surface area is 136 Å². The SMILES string of the molecule is CCCCCCCCCCCC[I-]c1cc(C)ccn1. The summed E-state index contributed by atoms with van der Waals surface area (Å²) in [6.45, 7) is 4.45. The molecule has 0 bridgehead atoms. The first-order valence-electron chi connectivity index (χ1n) is 8.34. The third-order valence-electron chi connectivity index (χ3n) is 3.60. The number of rotatable bonds is 12. The van der Waals surface area contributed by atoms with Gasteiger partial charge in [-0.1, -0.05) is 0 Å². The fourth-order valence-electron chi connectivity index (χ4n) is 2.32. The average molecular weight is 388 g/mol. The van der Waals surface area contributed by atoms with Gasteiger partial charge in [-0.2, -0.15) is 0 Å². The van der Waals surface area contributed by atoms with Gasteiger partial charge in [0.05, 0.1) is 0 Å². The molecular formula is C18H31IN-. The van der Waals surface area contributed by atoms with E-state index in [1.165, 1.54) is 77.9 Å². The van der Waals surface area contributed by atoms with E-state index in [1.807, 2.05) is 6.20 Å². The molecule has 0 saturated heterocycles. The summed E-state index contributed by atoms with van der Waals surface area (Å²) in [5.41, 5.74) is 1.36. The molecular weight excluding hydrogens is 357 g/mol. The number of hydrogen-bond donors (Lipinski definition) is 0. The zero-order chi connectivity index (χ0) is 14.5. The first-order valence-corrected chi connectivity index (χ1v) is 10.9. The van der Waals surface area contributed by atoms with Crippen LogP contribution in [0.15, 0.2) is 18.3 Å². The zero-order valence-electron chi connectivity index (χ0n) is 13.3. The topological polar surface area (TPSA) is 12.9 Å². The Morgan fingerprint density at radius 1 is 0.900 bits per heavy atom. The predicted octanol–water partition coefficient (Wildman–Crippen LogP) is 2.57. The average Bonchev–Trinajstić information content (AvgIpc) is 2.45. The number of halogens is 1. The summed E-state index contributed by atoms with van der Waals surface area (Å²) in [6.07, 6.45) is 16.3. The van der Waals surface area contributed by atoms with Gasteiger partial charge in [-0.3, -0.25) is 0 Å². The van der Waals surface area contributed by atoms with Gasteiger partial charge < -0.3 is 0 Å². The molecule has 1 heterocycles. The van der Waals surface area contributed by atoms with Crippen LogP contribution < -0.4 is 21.2 Å². The molecule has 20 heavy (non-hydrogen) atoms. The van der Waals surface area contributed by atoms with Crippen LogP contribution in [0.3, 0.4) is 0 Å². The van der Waals surface area contributed by atoms with Gasteiger partial charge in [-0.15, -0.1) is 0 Å². The quantitative estimate of drug-likeness (QED) is 0.232.